The summed E-state index contributed by atoms with van der Waals surface area (Å²) >= 11 is 0. The molecule has 1 atom stereocenters. The van der Waals surface area contributed by atoms with E-state index in [1.807, 2.05) is 54.6 Å². The van der Waals surface area contributed by atoms with Crippen LogP contribution < -0.4 is 9.75 Å². The van der Waals surface area contributed by atoms with Crippen LogP contribution >= 0.6 is 0 Å². The summed E-state index contributed by atoms with van der Waals surface area (Å²) in [7, 11) is 1.68. The maximum absolute atomic E-state index is 5.90. The highest BCUT2D eigenvalue weighted by Crippen LogP contribution is 2.37. The molecule has 0 bridgehead atoms. The molecule has 214 valence electrons. The van der Waals surface area contributed by atoms with Crippen molar-refractivity contribution in [3.05, 3.63) is 156 Å². The third-order valence-electron chi connectivity index (χ3n) is 7.75. The number of nitrogens with zero attached hydrogens (tertiary/aromatic N) is 4. The molecule has 0 saturated heterocycles. The number of methoxy groups -OCH3 is 1. The highest BCUT2D eigenvalue weighted by atomic mass is 16.5. The van der Waals surface area contributed by atoms with Crippen LogP contribution in [0.5, 0.6) is 5.75 Å². The summed E-state index contributed by atoms with van der Waals surface area (Å²) in [6.45, 7) is 0. The monoisotopic (exact) mass is 574 g/mol. The molecule has 0 amide bonds. The van der Waals surface area contributed by atoms with E-state index in [9.17, 15) is 0 Å². The van der Waals surface area contributed by atoms with E-state index in [2.05, 4.69) is 106 Å². The largest absolute Gasteiger partial charge is 0.497 e. The number of hydrogen-bond donors (Lipinski definition) is 0. The lowest BCUT2D eigenvalue weighted by atomic mass is 9.98. The second kappa shape index (κ2) is 12.2. The third-order valence-corrected chi connectivity index (χ3v) is 7.75. The first-order valence-corrected chi connectivity index (χ1v) is 14.6. The number of hydrogen-bond acceptors (Lipinski definition) is 6. The van der Waals surface area contributed by atoms with Gasteiger partial charge in [0.05, 0.1) is 24.6 Å². The molecule has 0 spiro atoms. The van der Waals surface area contributed by atoms with E-state index in [0.29, 0.717) is 11.8 Å². The van der Waals surface area contributed by atoms with Crippen molar-refractivity contribution in [2.75, 3.05) is 12.1 Å². The number of benzene rings is 5. The van der Waals surface area contributed by atoms with Crippen LogP contribution in [0.15, 0.2) is 143 Å². The summed E-state index contributed by atoms with van der Waals surface area (Å²) in [5.74, 6) is 1.86. The smallest absolute Gasteiger partial charge is 0.248 e. The molecule has 1 aromatic heterocycles. The van der Waals surface area contributed by atoms with Gasteiger partial charge in [0.25, 0.3) is 0 Å². The number of aromatic nitrogens is 2. The topological polar surface area (TPSA) is 63.8 Å². The predicted octanol–water partition coefficient (Wildman–Crippen LogP) is 8.94. The molecule has 7 rings (SSSR count). The van der Waals surface area contributed by atoms with Crippen LogP contribution in [-0.4, -0.2) is 23.0 Å². The highest BCUT2D eigenvalue weighted by molar-refractivity contribution is 6.03. The van der Waals surface area contributed by atoms with Gasteiger partial charge in [0.1, 0.15) is 5.75 Å². The zero-order valence-corrected chi connectivity index (χ0v) is 24.2. The maximum Gasteiger partial charge on any atom is 0.248 e. The first kappa shape index (κ1) is 27.1. The normalized spacial score (nSPS) is 14.6. The van der Waals surface area contributed by atoms with Crippen molar-refractivity contribution in [3.8, 4) is 28.7 Å². The minimum Gasteiger partial charge on any atom is -0.497 e. The summed E-state index contributed by atoms with van der Waals surface area (Å²) in [5, 5.41) is 15.7. The van der Waals surface area contributed by atoms with Gasteiger partial charge in [0.15, 0.2) is 0 Å². The van der Waals surface area contributed by atoms with Gasteiger partial charge < -0.3 is 9.15 Å². The average Bonchev–Trinajstić information content (AvgIpc) is 3.78. The van der Waals surface area contributed by atoms with Crippen LogP contribution in [0.3, 0.4) is 0 Å². The van der Waals surface area contributed by atoms with Crippen LogP contribution in [0.4, 0.5) is 5.69 Å². The van der Waals surface area contributed by atoms with Gasteiger partial charge in [0.2, 0.25) is 11.8 Å². The third kappa shape index (κ3) is 5.78. The Morgan fingerprint density at radius 2 is 1.18 bits per heavy atom. The minimum atomic E-state index is 0.121. The van der Waals surface area contributed by atoms with Crippen molar-refractivity contribution in [3.63, 3.8) is 0 Å². The van der Waals surface area contributed by atoms with Crippen LogP contribution in [-0.2, 0) is 0 Å². The lowest BCUT2D eigenvalue weighted by Gasteiger charge is -2.24. The van der Waals surface area contributed by atoms with Crippen molar-refractivity contribution in [1.29, 1.82) is 0 Å². The summed E-state index contributed by atoms with van der Waals surface area (Å²) in [6.07, 6.45) is 5.04. The van der Waals surface area contributed by atoms with Crippen molar-refractivity contribution >= 4 is 23.6 Å². The number of hydrazone groups is 1. The molecule has 2 heterocycles. The second-order valence-electron chi connectivity index (χ2n) is 10.6. The van der Waals surface area contributed by atoms with E-state index in [1.54, 1.807) is 7.11 Å². The predicted molar refractivity (Wildman–Crippen MR) is 176 cm³/mol. The second-order valence-corrected chi connectivity index (χ2v) is 10.6. The Kier molecular flexibility index (Phi) is 7.54. The number of anilines is 1. The zero-order chi connectivity index (χ0) is 29.7. The minimum absolute atomic E-state index is 0.121. The molecule has 6 aromatic rings. The van der Waals surface area contributed by atoms with E-state index >= 15 is 0 Å². The lowest BCUT2D eigenvalue weighted by Crippen LogP contribution is -2.18. The van der Waals surface area contributed by atoms with Crippen LogP contribution in [0.25, 0.3) is 35.1 Å². The molecule has 5 aromatic carbocycles. The summed E-state index contributed by atoms with van der Waals surface area (Å²) in [4.78, 5) is 0. The Balaban J connectivity index is 1.07. The molecule has 44 heavy (non-hydrogen) atoms. The van der Waals surface area contributed by atoms with Gasteiger partial charge >= 0.3 is 0 Å². The number of rotatable bonds is 8. The zero-order valence-electron chi connectivity index (χ0n) is 24.2. The van der Waals surface area contributed by atoms with Gasteiger partial charge in [-0.1, -0.05) is 84.9 Å². The Labute approximate surface area is 256 Å². The van der Waals surface area contributed by atoms with Crippen LogP contribution in [0.1, 0.15) is 34.7 Å². The van der Waals surface area contributed by atoms with E-state index in [4.69, 9.17) is 14.3 Å². The molecular formula is C38H30N4O2. The molecular weight excluding hydrogens is 544 g/mol. The fourth-order valence-electron chi connectivity index (χ4n) is 5.35. The Hall–Kier alpha value is -5.75. The molecule has 0 radical (unpaired) electrons. The van der Waals surface area contributed by atoms with Gasteiger partial charge in [-0.3, -0.25) is 5.01 Å². The van der Waals surface area contributed by atoms with E-state index in [1.165, 1.54) is 5.56 Å². The molecule has 0 aliphatic carbocycles. The summed E-state index contributed by atoms with van der Waals surface area (Å²) < 4.78 is 11.2. The Morgan fingerprint density at radius 1 is 0.636 bits per heavy atom. The standard InChI is InChI=1S/C38H30N4O2/c1-43-34-24-20-29(21-25-34)35-26-36(30-8-4-2-5-9-30)42(41-35)33-22-16-28(17-23-33)13-12-27-14-18-32(19-15-27)38-40-39-37(44-38)31-10-6-3-7-11-31/h2-25,36H,26H2,1H3. The van der Waals surface area contributed by atoms with Gasteiger partial charge in [-0.25, -0.2) is 0 Å². The van der Waals surface area contributed by atoms with Gasteiger partial charge in [-0.2, -0.15) is 5.10 Å². The van der Waals surface area contributed by atoms with Crippen molar-refractivity contribution in [1.82, 2.24) is 10.2 Å². The fourth-order valence-corrected chi connectivity index (χ4v) is 5.35. The van der Waals surface area contributed by atoms with Gasteiger partial charge in [-0.15, -0.1) is 10.2 Å². The van der Waals surface area contributed by atoms with Crippen molar-refractivity contribution < 1.29 is 9.15 Å². The molecule has 1 aliphatic rings. The first-order chi connectivity index (χ1) is 21.7. The van der Waals surface area contributed by atoms with E-state index < -0.39 is 0 Å². The van der Waals surface area contributed by atoms with Gasteiger partial charge in [0, 0.05) is 17.5 Å². The SMILES string of the molecule is COc1ccc(C2=NN(c3ccc(C=Cc4ccc(-c5nnc(-c6ccccc6)o5)cc4)cc3)C(c3ccccc3)C2)cc1. The van der Waals surface area contributed by atoms with Crippen LogP contribution in [0.2, 0.25) is 0 Å². The fraction of sp³-hybridized carbons (Fsp3) is 0.0789. The Bertz CT molecular complexity index is 1900. The highest BCUT2D eigenvalue weighted by Gasteiger charge is 2.29. The average molecular weight is 575 g/mol. The molecule has 6 heteroatoms. The molecule has 0 N–H and O–H groups in total. The molecule has 0 saturated carbocycles. The molecule has 1 unspecified atom stereocenters. The lowest BCUT2D eigenvalue weighted by molar-refractivity contribution is 0.415. The quantitative estimate of drug-likeness (QED) is 0.170. The first-order valence-electron chi connectivity index (χ1n) is 14.6. The maximum atomic E-state index is 5.90. The van der Waals surface area contributed by atoms with Crippen molar-refractivity contribution in [2.45, 2.75) is 12.5 Å². The molecule has 0 fully saturated rings. The van der Waals surface area contributed by atoms with E-state index in [0.717, 1.165) is 51.4 Å². The molecule has 1 aliphatic heterocycles. The molecule has 6 nitrogen and oxygen atoms in total. The van der Waals surface area contributed by atoms with Gasteiger partial charge in [-0.05, 0) is 82.9 Å². The summed E-state index contributed by atoms with van der Waals surface area (Å²) in [5.41, 5.74) is 8.44. The number of ether oxygens (including phenoxy) is 1. The summed E-state index contributed by atoms with van der Waals surface area (Å²) in [6, 6.07) is 45.2. The van der Waals surface area contributed by atoms with Crippen LogP contribution in [0, 0.1) is 0 Å². The van der Waals surface area contributed by atoms with E-state index in [-0.39, 0.29) is 6.04 Å². The Morgan fingerprint density at radius 3 is 1.80 bits per heavy atom. The van der Waals surface area contributed by atoms with Crippen molar-refractivity contribution in [2.24, 2.45) is 5.10 Å².